The number of hydrogen-bond donors (Lipinski definition) is 1. The van der Waals surface area contributed by atoms with Crippen LogP contribution in [0.1, 0.15) is 11.1 Å². The van der Waals surface area contributed by atoms with Crippen LogP contribution < -0.4 is 0 Å². The van der Waals surface area contributed by atoms with Crippen LogP contribution >= 0.6 is 24.0 Å². The van der Waals surface area contributed by atoms with Gasteiger partial charge in [0.05, 0.1) is 10.4 Å². The number of carboxylic acid groups (broad SMARTS) is 1. The van der Waals surface area contributed by atoms with Gasteiger partial charge in [0.25, 0.3) is 5.91 Å². The van der Waals surface area contributed by atoms with Gasteiger partial charge in [-0.3, -0.25) is 14.5 Å². The number of carbonyl (C=O) groups excluding carboxylic acids is 1. The van der Waals surface area contributed by atoms with E-state index in [-0.39, 0.29) is 4.32 Å². The Morgan fingerprint density at radius 1 is 1.38 bits per heavy atom. The van der Waals surface area contributed by atoms with Gasteiger partial charge in [-0.05, 0) is 41.1 Å². The number of rotatable bonds is 3. The normalized spacial score (nSPS) is 16.3. The Kier molecular flexibility index (Phi) is 3.93. The van der Waals surface area contributed by atoms with Crippen molar-refractivity contribution in [2.75, 3.05) is 6.54 Å². The van der Waals surface area contributed by atoms with Gasteiger partial charge in [0.2, 0.25) is 0 Å². The number of pyridine rings is 1. The van der Waals surface area contributed by atoms with E-state index in [4.69, 9.17) is 17.3 Å². The van der Waals surface area contributed by atoms with Crippen molar-refractivity contribution in [1.82, 2.24) is 24.9 Å². The number of nitrogens with zero attached hydrogens (tertiary/aromatic N) is 5. The Hall–Kier alpha value is -2.85. The zero-order chi connectivity index (χ0) is 18.4. The number of amides is 1. The topological polar surface area (TPSA) is 101 Å². The van der Waals surface area contributed by atoms with E-state index in [0.29, 0.717) is 16.1 Å². The first-order valence-corrected chi connectivity index (χ1v) is 8.75. The van der Waals surface area contributed by atoms with Crippen LogP contribution in [0.15, 0.2) is 29.2 Å². The number of benzene rings is 1. The van der Waals surface area contributed by atoms with E-state index in [9.17, 15) is 9.59 Å². The molecule has 0 bridgehead atoms. The summed E-state index contributed by atoms with van der Waals surface area (Å²) in [6, 6.07) is 7.81. The number of thiocarbonyl (C=S) groups is 1. The molecule has 4 rings (SSSR count). The molecule has 1 N–H and O–H groups in total. The molecule has 1 aliphatic heterocycles. The zero-order valence-electron chi connectivity index (χ0n) is 13.4. The van der Waals surface area contributed by atoms with Gasteiger partial charge in [-0.25, -0.2) is 0 Å². The molecule has 0 radical (unpaired) electrons. The van der Waals surface area contributed by atoms with E-state index in [2.05, 4.69) is 15.5 Å². The number of tetrazole rings is 1. The number of aliphatic carboxylic acids is 1. The van der Waals surface area contributed by atoms with Gasteiger partial charge in [-0.1, -0.05) is 36.1 Å². The fourth-order valence-electron chi connectivity index (χ4n) is 2.74. The number of carboxylic acids is 1. The summed E-state index contributed by atoms with van der Waals surface area (Å²) < 4.78 is 1.84. The van der Waals surface area contributed by atoms with Crippen molar-refractivity contribution < 1.29 is 14.7 Å². The summed E-state index contributed by atoms with van der Waals surface area (Å²) in [5.74, 6) is -1.55. The highest BCUT2D eigenvalue weighted by Crippen LogP contribution is 2.33. The molecule has 2 aromatic heterocycles. The molecule has 130 valence electrons. The summed E-state index contributed by atoms with van der Waals surface area (Å²) in [5, 5.41) is 21.7. The Labute approximate surface area is 156 Å². The maximum Gasteiger partial charge on any atom is 0.323 e. The number of aromatic nitrogens is 4. The van der Waals surface area contributed by atoms with Gasteiger partial charge in [0, 0.05) is 10.9 Å². The monoisotopic (exact) mass is 385 g/mol. The molecule has 0 unspecified atom stereocenters. The molecular weight excluding hydrogens is 374 g/mol. The molecule has 8 nitrogen and oxygen atoms in total. The smallest absolute Gasteiger partial charge is 0.323 e. The van der Waals surface area contributed by atoms with E-state index in [1.807, 2.05) is 31.2 Å². The minimum absolute atomic E-state index is 0.218. The summed E-state index contributed by atoms with van der Waals surface area (Å²) >= 11 is 6.18. The second-order valence-corrected chi connectivity index (χ2v) is 7.41. The maximum atomic E-state index is 12.5. The SMILES string of the molecule is Cc1ccc2cc(/C=C3\SC(=S)N(CC(=O)O)C3=O)c3nnnn3c2c1. The van der Waals surface area contributed by atoms with Crippen molar-refractivity contribution in [2.45, 2.75) is 6.92 Å². The molecule has 26 heavy (non-hydrogen) atoms. The summed E-state index contributed by atoms with van der Waals surface area (Å²) in [5.41, 5.74) is 3.10. The highest BCUT2D eigenvalue weighted by molar-refractivity contribution is 8.26. The minimum atomic E-state index is -1.12. The van der Waals surface area contributed by atoms with Crippen molar-refractivity contribution in [3.63, 3.8) is 0 Å². The Morgan fingerprint density at radius 3 is 2.96 bits per heavy atom. The van der Waals surface area contributed by atoms with Gasteiger partial charge < -0.3 is 5.11 Å². The summed E-state index contributed by atoms with van der Waals surface area (Å²) in [7, 11) is 0. The fraction of sp³-hybridized carbons (Fsp3) is 0.125. The van der Waals surface area contributed by atoms with Gasteiger partial charge in [-0.2, -0.15) is 4.52 Å². The van der Waals surface area contributed by atoms with Crippen LogP contribution in [0.4, 0.5) is 0 Å². The van der Waals surface area contributed by atoms with Gasteiger partial charge in [-0.15, -0.1) is 5.10 Å². The number of carbonyl (C=O) groups is 2. The molecule has 1 aromatic carbocycles. The first-order chi connectivity index (χ1) is 12.4. The third-order valence-corrected chi connectivity index (χ3v) is 5.28. The highest BCUT2D eigenvalue weighted by atomic mass is 32.2. The molecule has 3 heterocycles. The molecule has 1 amide bonds. The lowest BCUT2D eigenvalue weighted by atomic mass is 10.1. The summed E-state index contributed by atoms with van der Waals surface area (Å²) in [4.78, 5) is 24.8. The third kappa shape index (κ3) is 2.72. The molecule has 1 fully saturated rings. The average molecular weight is 385 g/mol. The van der Waals surface area contributed by atoms with Crippen molar-refractivity contribution in [2.24, 2.45) is 0 Å². The molecular formula is C16H11N5O3S2. The fourth-order valence-corrected chi connectivity index (χ4v) is 3.99. The third-order valence-electron chi connectivity index (χ3n) is 3.91. The molecule has 10 heteroatoms. The molecule has 1 aliphatic rings. The lowest BCUT2D eigenvalue weighted by molar-refractivity contribution is -0.140. The Bertz CT molecular complexity index is 1140. The van der Waals surface area contributed by atoms with Crippen molar-refractivity contribution in [1.29, 1.82) is 0 Å². The number of thioether (sulfide) groups is 1. The van der Waals surface area contributed by atoms with Crippen molar-refractivity contribution in [3.05, 3.63) is 40.3 Å². The van der Waals surface area contributed by atoms with E-state index in [0.717, 1.165) is 33.1 Å². The van der Waals surface area contributed by atoms with Crippen LogP contribution in [0.5, 0.6) is 0 Å². The number of hydrogen-bond acceptors (Lipinski definition) is 7. The molecule has 0 aliphatic carbocycles. The van der Waals surface area contributed by atoms with E-state index in [1.165, 1.54) is 0 Å². The first-order valence-electron chi connectivity index (χ1n) is 7.52. The van der Waals surface area contributed by atoms with Gasteiger partial charge in [0.15, 0.2) is 5.65 Å². The predicted octanol–water partition coefficient (Wildman–Crippen LogP) is 1.87. The van der Waals surface area contributed by atoms with E-state index < -0.39 is 18.4 Å². The molecule has 0 atom stereocenters. The predicted molar refractivity (Wildman–Crippen MR) is 101 cm³/mol. The Morgan fingerprint density at radius 2 is 2.19 bits per heavy atom. The van der Waals surface area contributed by atoms with Crippen LogP contribution in [0.25, 0.3) is 22.6 Å². The zero-order valence-corrected chi connectivity index (χ0v) is 15.0. The number of fused-ring (bicyclic) bond motifs is 3. The second kappa shape index (κ2) is 6.15. The van der Waals surface area contributed by atoms with E-state index >= 15 is 0 Å². The van der Waals surface area contributed by atoms with Crippen molar-refractivity contribution >= 4 is 62.8 Å². The first kappa shape index (κ1) is 16.6. The molecule has 0 saturated carbocycles. The summed E-state index contributed by atoms with van der Waals surface area (Å²) in [6.07, 6.45) is 1.64. The quantitative estimate of drug-likeness (QED) is 0.539. The molecule has 1 saturated heterocycles. The highest BCUT2D eigenvalue weighted by Gasteiger charge is 2.33. The van der Waals surface area contributed by atoms with Crippen LogP contribution in [0, 0.1) is 6.92 Å². The lowest BCUT2D eigenvalue weighted by Gasteiger charge is -2.10. The lowest BCUT2D eigenvalue weighted by Crippen LogP contribution is -2.33. The van der Waals surface area contributed by atoms with Crippen LogP contribution in [0.2, 0.25) is 0 Å². The largest absolute Gasteiger partial charge is 0.480 e. The number of aryl methyl sites for hydroxylation is 1. The van der Waals surface area contributed by atoms with Gasteiger partial charge in [0.1, 0.15) is 10.9 Å². The van der Waals surface area contributed by atoms with Crippen LogP contribution in [0.3, 0.4) is 0 Å². The summed E-state index contributed by atoms with van der Waals surface area (Å²) in [6.45, 7) is 1.53. The molecule has 0 spiro atoms. The maximum absolute atomic E-state index is 12.5. The average Bonchev–Trinajstić information content (AvgIpc) is 3.17. The second-order valence-electron chi connectivity index (χ2n) is 5.74. The molecule has 3 aromatic rings. The van der Waals surface area contributed by atoms with Crippen LogP contribution in [-0.4, -0.2) is 52.8 Å². The van der Waals surface area contributed by atoms with E-state index in [1.54, 1.807) is 10.6 Å². The van der Waals surface area contributed by atoms with Crippen molar-refractivity contribution in [3.8, 4) is 0 Å². The minimum Gasteiger partial charge on any atom is -0.480 e. The standard InChI is InChI=1S/C16H11N5O3S2/c1-8-2-3-9-5-10(14-17-18-19-21(14)11(9)4-8)6-12-15(24)20(7-13(22)23)16(25)26-12/h2-6H,7H2,1H3,(H,22,23)/b12-6-. The Balaban J connectivity index is 1.84. The van der Waals surface area contributed by atoms with Gasteiger partial charge >= 0.3 is 5.97 Å². The van der Waals surface area contributed by atoms with Crippen LogP contribution in [-0.2, 0) is 9.59 Å².